The minimum atomic E-state index is -4.52. The number of nitrogens with zero attached hydrogens (tertiary/aromatic N) is 3. The number of nitrogens with one attached hydrogen (secondary N) is 3. The summed E-state index contributed by atoms with van der Waals surface area (Å²) in [6.45, 7) is 1.52. The number of aromatic carboxylic acids is 1. The Morgan fingerprint density at radius 1 is 0.824 bits per heavy atom. The number of rotatable bonds is 13. The van der Waals surface area contributed by atoms with Gasteiger partial charge in [-0.1, -0.05) is 36.8 Å². The first-order chi connectivity index (χ1) is 32.6. The Balaban J connectivity index is 0.804. The molecule has 0 atom stereocenters. The highest BCUT2D eigenvalue weighted by Crippen LogP contribution is 2.42. The molecule has 0 saturated carbocycles. The summed E-state index contributed by atoms with van der Waals surface area (Å²) >= 11 is 0. The number of aromatic hydroxyl groups is 1. The molecule has 5 N–H and O–H groups in total. The molecule has 2 aliphatic heterocycles. The maximum Gasteiger partial charge on any atom is 0.416 e. The molecule has 4 aromatic carbocycles. The molecule has 68 heavy (non-hydrogen) atoms. The van der Waals surface area contributed by atoms with Crippen LogP contribution in [0.1, 0.15) is 63.9 Å². The number of urea groups is 1. The summed E-state index contributed by atoms with van der Waals surface area (Å²) in [5, 5.41) is 29.4. The van der Waals surface area contributed by atoms with E-state index in [1.165, 1.54) is 53.4 Å². The number of carbonyl (C=O) groups is 4. The molecule has 0 saturated heterocycles. The number of fused-ring (bicyclic) bond motifs is 3. The van der Waals surface area contributed by atoms with E-state index in [0.717, 1.165) is 17.7 Å². The van der Waals surface area contributed by atoms with Crippen LogP contribution >= 0.6 is 0 Å². The van der Waals surface area contributed by atoms with E-state index in [2.05, 4.69) is 20.9 Å². The maximum atomic E-state index is 13.7. The zero-order chi connectivity index (χ0) is 48.1. The summed E-state index contributed by atoms with van der Waals surface area (Å²) in [5.41, 5.74) is 2.93. The second-order valence-corrected chi connectivity index (χ2v) is 16.4. The van der Waals surface area contributed by atoms with Crippen molar-refractivity contribution >= 4 is 52.0 Å². The number of hydrogen-bond donors (Lipinski definition) is 5. The van der Waals surface area contributed by atoms with Crippen molar-refractivity contribution in [2.24, 2.45) is 0 Å². The Morgan fingerprint density at radius 2 is 1.62 bits per heavy atom. The third-order valence-corrected chi connectivity index (χ3v) is 11.6. The van der Waals surface area contributed by atoms with Crippen LogP contribution in [0.15, 0.2) is 124 Å². The molecular formula is C51H45F3N6O8. The van der Waals surface area contributed by atoms with Gasteiger partial charge in [-0.25, -0.2) is 14.6 Å². The van der Waals surface area contributed by atoms with Crippen molar-refractivity contribution in [1.82, 2.24) is 15.6 Å². The standard InChI is InChI=1S/C51H45F3N6O8/c1-59-23-6-24-60(47-42(59)21-20-41(58-47)31-7-5-8-33(25-31)51(52,53)54)50(67)57-34-13-10-30(11-14-34)29-56-45(63)9-3-2-4-22-55-48(64)32-12-17-37(40(26-32)49(65)66)46-38-18-15-35(61)27-43(38)68-44-28-36(62)16-19-39(44)46/h5,7-8,10-21,25-28,61H,2-4,6,9,22-24,29H2,1H3,(H,55,64)(H,56,63)(H,57,67)(H,65,66). The van der Waals surface area contributed by atoms with E-state index >= 15 is 0 Å². The zero-order valence-electron chi connectivity index (χ0n) is 36.7. The molecule has 0 unspecified atom stereocenters. The first-order valence-corrected chi connectivity index (χ1v) is 21.8. The number of pyridine rings is 1. The van der Waals surface area contributed by atoms with Gasteiger partial charge in [0.1, 0.15) is 17.1 Å². The number of hydrogen-bond acceptors (Lipinski definition) is 9. The average Bonchev–Trinajstić information content (AvgIpc) is 3.48. The predicted octanol–water partition coefficient (Wildman–Crippen LogP) is 9.53. The monoisotopic (exact) mass is 926 g/mol. The highest BCUT2D eigenvalue weighted by atomic mass is 19.4. The molecule has 0 radical (unpaired) electrons. The summed E-state index contributed by atoms with van der Waals surface area (Å²) in [6, 6.07) is 27.8. The van der Waals surface area contributed by atoms with Crippen LogP contribution in [0.3, 0.4) is 0 Å². The summed E-state index contributed by atoms with van der Waals surface area (Å²) < 4.78 is 46.3. The van der Waals surface area contributed by atoms with E-state index in [4.69, 9.17) is 4.42 Å². The number of alkyl halides is 3. The largest absolute Gasteiger partial charge is 0.508 e. The van der Waals surface area contributed by atoms with E-state index < -0.39 is 29.6 Å². The lowest BCUT2D eigenvalue weighted by molar-refractivity contribution is -0.137. The average molecular weight is 927 g/mol. The summed E-state index contributed by atoms with van der Waals surface area (Å²) in [4.78, 5) is 72.3. The normalized spacial score (nSPS) is 12.6. The number of benzene rings is 5. The molecule has 1 aliphatic carbocycles. The van der Waals surface area contributed by atoms with Crippen molar-refractivity contribution in [3.63, 3.8) is 0 Å². The van der Waals surface area contributed by atoms with Crippen molar-refractivity contribution in [2.75, 3.05) is 41.8 Å². The lowest BCUT2D eigenvalue weighted by Gasteiger charge is -2.24. The number of anilines is 3. The van der Waals surface area contributed by atoms with Crippen LogP contribution in [-0.4, -0.2) is 65.7 Å². The van der Waals surface area contributed by atoms with Crippen molar-refractivity contribution in [3.05, 3.63) is 148 Å². The van der Waals surface area contributed by atoms with Crippen molar-refractivity contribution < 1.29 is 47.0 Å². The molecule has 0 fully saturated rings. The molecule has 17 heteroatoms. The van der Waals surface area contributed by atoms with E-state index in [9.17, 15) is 47.4 Å². The van der Waals surface area contributed by atoms with Crippen LogP contribution in [-0.2, 0) is 17.5 Å². The fourth-order valence-electron chi connectivity index (χ4n) is 8.15. The third kappa shape index (κ3) is 10.4. The van der Waals surface area contributed by atoms with Crippen LogP contribution in [0.25, 0.3) is 44.7 Å². The molecule has 3 heterocycles. The summed E-state index contributed by atoms with van der Waals surface area (Å²) in [6.07, 6.45) is -1.85. The van der Waals surface area contributed by atoms with Crippen molar-refractivity contribution in [2.45, 2.75) is 44.8 Å². The summed E-state index contributed by atoms with van der Waals surface area (Å²) in [5.74, 6) is -1.43. The Hall–Kier alpha value is -8.21. The van der Waals surface area contributed by atoms with Crippen LogP contribution in [0, 0.1) is 0 Å². The van der Waals surface area contributed by atoms with Crippen molar-refractivity contribution in [1.29, 1.82) is 0 Å². The minimum Gasteiger partial charge on any atom is -0.508 e. The number of amides is 4. The number of phenols is 1. The van der Waals surface area contributed by atoms with Gasteiger partial charge in [0.15, 0.2) is 11.2 Å². The van der Waals surface area contributed by atoms with E-state index in [-0.39, 0.29) is 58.1 Å². The molecular weight excluding hydrogens is 882 g/mol. The predicted molar refractivity (Wildman–Crippen MR) is 251 cm³/mol. The first-order valence-electron chi connectivity index (χ1n) is 21.8. The van der Waals surface area contributed by atoms with Gasteiger partial charge < -0.3 is 35.5 Å². The van der Waals surface area contributed by atoms with Crippen LogP contribution in [0.4, 0.5) is 35.2 Å². The smallest absolute Gasteiger partial charge is 0.416 e. The van der Waals surface area contributed by atoms with E-state index in [1.807, 2.05) is 11.9 Å². The Kier molecular flexibility index (Phi) is 13.4. The number of halogens is 3. The lowest BCUT2D eigenvalue weighted by atomic mass is 9.90. The molecule has 348 valence electrons. The summed E-state index contributed by atoms with van der Waals surface area (Å²) in [7, 11) is 1.87. The van der Waals surface area contributed by atoms with Crippen LogP contribution in [0.2, 0.25) is 0 Å². The van der Waals surface area contributed by atoms with Crippen molar-refractivity contribution in [3.8, 4) is 39.5 Å². The quantitative estimate of drug-likeness (QED) is 0.0549. The van der Waals surface area contributed by atoms with Gasteiger partial charge in [-0.3, -0.25) is 19.3 Å². The van der Waals surface area contributed by atoms with Gasteiger partial charge >= 0.3 is 18.2 Å². The number of carboxylic acids is 1. The second-order valence-electron chi connectivity index (χ2n) is 16.4. The van der Waals surface area contributed by atoms with Crippen LogP contribution in [0.5, 0.6) is 5.75 Å². The molecule has 5 aromatic rings. The number of unbranched alkanes of at least 4 members (excludes halogenated alkanes) is 2. The molecule has 1 aromatic heterocycles. The highest BCUT2D eigenvalue weighted by Gasteiger charge is 2.31. The highest BCUT2D eigenvalue weighted by molar-refractivity contribution is 6.09. The molecule has 14 nitrogen and oxygen atoms in total. The zero-order valence-corrected chi connectivity index (χ0v) is 36.7. The number of aromatic nitrogens is 1. The van der Waals surface area contributed by atoms with Gasteiger partial charge in [0.2, 0.25) is 5.91 Å². The van der Waals surface area contributed by atoms with Gasteiger partial charge in [-0.15, -0.1) is 0 Å². The number of carbonyl (C=O) groups excluding carboxylic acids is 3. The van der Waals surface area contributed by atoms with Gasteiger partial charge in [0, 0.05) is 85.1 Å². The Labute approximate surface area is 387 Å². The molecule has 4 amide bonds. The topological polar surface area (TPSA) is 194 Å². The maximum absolute atomic E-state index is 13.7. The van der Waals surface area contributed by atoms with E-state index in [1.54, 1.807) is 54.6 Å². The first kappa shape index (κ1) is 46.3. The van der Waals surface area contributed by atoms with Gasteiger partial charge in [0.05, 0.1) is 22.5 Å². The fourth-order valence-corrected chi connectivity index (χ4v) is 8.15. The van der Waals surface area contributed by atoms with Gasteiger partial charge in [-0.2, -0.15) is 13.2 Å². The second kappa shape index (κ2) is 19.7. The lowest BCUT2D eigenvalue weighted by Crippen LogP contribution is -2.36. The fraction of sp³-hybridized carbons (Fsp3) is 0.216. The number of carboxylic acid groups (broad SMARTS) is 1. The molecule has 0 bridgehead atoms. The molecule has 0 spiro atoms. The van der Waals surface area contributed by atoms with Gasteiger partial charge in [-0.05, 0) is 103 Å². The third-order valence-electron chi connectivity index (χ3n) is 11.6. The molecule has 8 rings (SSSR count). The minimum absolute atomic E-state index is 0.0740. The van der Waals surface area contributed by atoms with Gasteiger partial charge in [0.25, 0.3) is 5.91 Å². The van der Waals surface area contributed by atoms with Crippen LogP contribution < -0.4 is 31.2 Å². The molecule has 3 aliphatic rings. The van der Waals surface area contributed by atoms with E-state index in [0.29, 0.717) is 90.3 Å². The Morgan fingerprint density at radius 3 is 2.40 bits per heavy atom. The number of phenolic OH excluding ortho intramolecular Hbond substituents is 1. The SMILES string of the molecule is CN1CCCN(C(=O)Nc2ccc(CNC(=O)CCCCCNC(=O)c3ccc(-c4c5ccc(=O)cc-5oc5cc(O)ccc45)c(C(=O)O)c3)cc2)c2nc(-c3cccc(C(F)(F)F)c3)ccc21. The Bertz CT molecular complexity index is 3080.